The molecule has 1 aromatic heterocycles. The van der Waals surface area contributed by atoms with Crippen LogP contribution in [0.1, 0.15) is 11.1 Å². The van der Waals surface area contributed by atoms with Gasteiger partial charge in [0.05, 0.1) is 4.90 Å². The molecule has 5 nitrogen and oxygen atoms in total. The Bertz CT molecular complexity index is 729. The zero-order chi connectivity index (χ0) is 15.5. The van der Waals surface area contributed by atoms with Gasteiger partial charge in [-0.2, -0.15) is 4.31 Å². The van der Waals surface area contributed by atoms with E-state index < -0.39 is 10.0 Å². The van der Waals surface area contributed by atoms with Crippen LogP contribution in [0, 0.1) is 6.92 Å². The minimum atomic E-state index is -3.53. The van der Waals surface area contributed by atoms with E-state index >= 15 is 0 Å². The fourth-order valence-electron chi connectivity index (χ4n) is 2.04. The molecule has 112 valence electrons. The lowest BCUT2D eigenvalue weighted by molar-refractivity contribution is 0.466. The molecule has 0 bridgehead atoms. The van der Waals surface area contributed by atoms with Crippen molar-refractivity contribution in [2.75, 3.05) is 19.4 Å². The van der Waals surface area contributed by atoms with Gasteiger partial charge >= 0.3 is 0 Å². The van der Waals surface area contributed by atoms with Gasteiger partial charge < -0.3 is 5.32 Å². The Morgan fingerprint density at radius 3 is 2.67 bits per heavy atom. The number of rotatable bonds is 5. The van der Waals surface area contributed by atoms with Crippen molar-refractivity contribution in [1.82, 2.24) is 9.29 Å². The highest BCUT2D eigenvalue weighted by molar-refractivity contribution is 7.89. The van der Waals surface area contributed by atoms with E-state index in [2.05, 4.69) is 10.3 Å². The topological polar surface area (TPSA) is 62.3 Å². The summed E-state index contributed by atoms with van der Waals surface area (Å²) in [5, 5.41) is 2.84. The van der Waals surface area contributed by atoms with Crippen molar-refractivity contribution < 1.29 is 8.42 Å². The second-order valence-corrected chi connectivity index (χ2v) is 6.92. The molecule has 1 aromatic carbocycles. The third-order valence-electron chi connectivity index (χ3n) is 3.18. The third-order valence-corrected chi connectivity index (χ3v) is 4.98. The van der Waals surface area contributed by atoms with Gasteiger partial charge in [-0.15, -0.1) is 0 Å². The standard InChI is InChI=1S/C15H19N3O2S/c1-12-5-4-6-13(9-12)11-18(3)21(19,20)14-7-8-17-15(10-14)16-2/h4-10H,11H2,1-3H3,(H,16,17). The first-order chi connectivity index (χ1) is 9.93. The summed E-state index contributed by atoms with van der Waals surface area (Å²) < 4.78 is 26.5. The zero-order valence-electron chi connectivity index (χ0n) is 12.4. The van der Waals surface area contributed by atoms with Gasteiger partial charge in [0.25, 0.3) is 0 Å². The Balaban J connectivity index is 2.26. The van der Waals surface area contributed by atoms with Crippen LogP contribution in [0.2, 0.25) is 0 Å². The van der Waals surface area contributed by atoms with E-state index in [1.54, 1.807) is 14.1 Å². The molecule has 0 spiro atoms. The van der Waals surface area contributed by atoms with Crippen molar-refractivity contribution in [2.24, 2.45) is 0 Å². The molecular formula is C15H19N3O2S. The molecule has 0 radical (unpaired) electrons. The van der Waals surface area contributed by atoms with Crippen molar-refractivity contribution in [1.29, 1.82) is 0 Å². The molecule has 2 rings (SSSR count). The van der Waals surface area contributed by atoms with Crippen molar-refractivity contribution in [3.8, 4) is 0 Å². The van der Waals surface area contributed by atoms with Crippen molar-refractivity contribution >= 4 is 15.8 Å². The molecule has 0 saturated carbocycles. The number of nitrogens with zero attached hydrogens (tertiary/aromatic N) is 2. The van der Waals surface area contributed by atoms with E-state index in [9.17, 15) is 8.42 Å². The number of aromatic nitrogens is 1. The normalized spacial score (nSPS) is 11.6. The maximum Gasteiger partial charge on any atom is 0.243 e. The molecule has 0 fully saturated rings. The summed E-state index contributed by atoms with van der Waals surface area (Å²) in [4.78, 5) is 4.27. The zero-order valence-corrected chi connectivity index (χ0v) is 13.2. The van der Waals surface area contributed by atoms with Crippen molar-refractivity contribution in [3.05, 3.63) is 53.7 Å². The summed E-state index contributed by atoms with van der Waals surface area (Å²) in [5.41, 5.74) is 2.07. The van der Waals surface area contributed by atoms with E-state index in [1.165, 1.54) is 22.6 Å². The Hall–Kier alpha value is -1.92. The van der Waals surface area contributed by atoms with Crippen LogP contribution in [0.15, 0.2) is 47.5 Å². The fraction of sp³-hybridized carbons (Fsp3) is 0.267. The highest BCUT2D eigenvalue weighted by Crippen LogP contribution is 2.18. The van der Waals surface area contributed by atoms with Gasteiger partial charge in [0, 0.05) is 32.9 Å². The number of benzene rings is 1. The van der Waals surface area contributed by atoms with Crippen LogP contribution in [0.5, 0.6) is 0 Å². The lowest BCUT2D eigenvalue weighted by Crippen LogP contribution is -2.26. The first-order valence-corrected chi connectivity index (χ1v) is 8.03. The predicted octanol–water partition coefficient (Wildman–Crippen LogP) is 2.25. The third kappa shape index (κ3) is 3.59. The molecule has 0 aliphatic carbocycles. The van der Waals surface area contributed by atoms with Crippen LogP contribution in [-0.4, -0.2) is 31.8 Å². The van der Waals surface area contributed by atoms with Gasteiger partial charge in [-0.1, -0.05) is 29.8 Å². The quantitative estimate of drug-likeness (QED) is 0.920. The monoisotopic (exact) mass is 305 g/mol. The van der Waals surface area contributed by atoms with Crippen molar-refractivity contribution in [3.63, 3.8) is 0 Å². The summed E-state index contributed by atoms with van der Waals surface area (Å²) in [6.45, 7) is 2.32. The highest BCUT2D eigenvalue weighted by atomic mass is 32.2. The number of aryl methyl sites for hydroxylation is 1. The second kappa shape index (κ2) is 6.24. The number of hydrogen-bond acceptors (Lipinski definition) is 4. The minimum absolute atomic E-state index is 0.233. The number of anilines is 1. The van der Waals surface area contributed by atoms with Gasteiger partial charge in [-0.25, -0.2) is 13.4 Å². The Morgan fingerprint density at radius 1 is 1.24 bits per heavy atom. The van der Waals surface area contributed by atoms with E-state index in [0.29, 0.717) is 12.4 Å². The largest absolute Gasteiger partial charge is 0.373 e. The minimum Gasteiger partial charge on any atom is -0.373 e. The average molecular weight is 305 g/mol. The maximum atomic E-state index is 12.6. The molecule has 1 heterocycles. The summed E-state index contributed by atoms with van der Waals surface area (Å²) in [6, 6.07) is 10.9. The first kappa shape index (κ1) is 15.5. The van der Waals surface area contributed by atoms with E-state index in [4.69, 9.17) is 0 Å². The summed E-state index contributed by atoms with van der Waals surface area (Å²) >= 11 is 0. The summed E-state index contributed by atoms with van der Waals surface area (Å²) in [6.07, 6.45) is 1.49. The number of pyridine rings is 1. The lowest BCUT2D eigenvalue weighted by atomic mass is 10.1. The summed E-state index contributed by atoms with van der Waals surface area (Å²) in [7, 11) is -0.245. The highest BCUT2D eigenvalue weighted by Gasteiger charge is 2.21. The molecule has 6 heteroatoms. The van der Waals surface area contributed by atoms with Gasteiger partial charge in [0.2, 0.25) is 10.0 Å². The number of hydrogen-bond donors (Lipinski definition) is 1. The van der Waals surface area contributed by atoms with Crippen LogP contribution in [0.4, 0.5) is 5.82 Å². The van der Waals surface area contributed by atoms with E-state index in [0.717, 1.165) is 11.1 Å². The first-order valence-electron chi connectivity index (χ1n) is 6.59. The number of nitrogens with one attached hydrogen (secondary N) is 1. The van der Waals surface area contributed by atoms with Gasteiger partial charge in [0.15, 0.2) is 0 Å². The average Bonchev–Trinajstić information content (AvgIpc) is 2.47. The van der Waals surface area contributed by atoms with Crippen LogP contribution < -0.4 is 5.32 Å². The number of sulfonamides is 1. The maximum absolute atomic E-state index is 12.6. The smallest absolute Gasteiger partial charge is 0.243 e. The molecule has 21 heavy (non-hydrogen) atoms. The molecule has 0 aliphatic heterocycles. The molecule has 0 aliphatic rings. The van der Waals surface area contributed by atoms with E-state index in [1.807, 2.05) is 31.2 Å². The van der Waals surface area contributed by atoms with Crippen LogP contribution in [-0.2, 0) is 16.6 Å². The summed E-state index contributed by atoms with van der Waals surface area (Å²) in [5.74, 6) is 0.528. The van der Waals surface area contributed by atoms with E-state index in [-0.39, 0.29) is 4.90 Å². The molecule has 0 saturated heterocycles. The van der Waals surface area contributed by atoms with Crippen LogP contribution in [0.3, 0.4) is 0 Å². The second-order valence-electron chi connectivity index (χ2n) is 4.88. The lowest BCUT2D eigenvalue weighted by Gasteiger charge is -2.18. The predicted molar refractivity (Wildman–Crippen MR) is 83.6 cm³/mol. The molecular weight excluding hydrogens is 286 g/mol. The molecule has 2 aromatic rings. The van der Waals surface area contributed by atoms with Crippen molar-refractivity contribution in [2.45, 2.75) is 18.4 Å². The Kier molecular flexibility index (Phi) is 4.59. The SMILES string of the molecule is CNc1cc(S(=O)(=O)N(C)Cc2cccc(C)c2)ccn1. The van der Waals surface area contributed by atoms with Crippen LogP contribution in [0.25, 0.3) is 0 Å². The molecule has 1 N–H and O–H groups in total. The Labute approximate surface area is 125 Å². The molecule has 0 atom stereocenters. The van der Waals surface area contributed by atoms with Gasteiger partial charge in [0.1, 0.15) is 5.82 Å². The van der Waals surface area contributed by atoms with Gasteiger partial charge in [-0.05, 0) is 18.6 Å². The van der Waals surface area contributed by atoms with Gasteiger partial charge in [-0.3, -0.25) is 0 Å². The van der Waals surface area contributed by atoms with Crippen LogP contribution >= 0.6 is 0 Å². The Morgan fingerprint density at radius 2 is 2.00 bits per heavy atom. The molecule has 0 amide bonds. The molecule has 0 unspecified atom stereocenters. The fourth-order valence-corrected chi connectivity index (χ4v) is 3.21.